The van der Waals surface area contributed by atoms with Crippen LogP contribution in [0.5, 0.6) is 0 Å². The molecule has 0 bridgehead atoms. The van der Waals surface area contributed by atoms with Crippen LogP contribution >= 0.6 is 46.5 Å². The summed E-state index contributed by atoms with van der Waals surface area (Å²) >= 11 is 11.6. The van der Waals surface area contributed by atoms with Crippen LogP contribution in [0.25, 0.3) is 10.2 Å². The number of hydrogen-bond donors (Lipinski definition) is 1. The van der Waals surface area contributed by atoms with Crippen molar-refractivity contribution in [3.05, 3.63) is 91.1 Å². The molecule has 0 unspecified atom stereocenters. The number of nitrogens with one attached hydrogen (secondary N) is 1. The smallest absolute Gasteiger partial charge is 0.269 e. The highest BCUT2D eigenvalue weighted by Crippen LogP contribution is 2.40. The Morgan fingerprint density at radius 1 is 1.11 bits per heavy atom. The molecule has 2 aromatic carbocycles. The summed E-state index contributed by atoms with van der Waals surface area (Å²) in [6, 6.07) is 16.4. The molecule has 0 spiro atoms. The molecule has 180 valence electrons. The van der Waals surface area contributed by atoms with Crippen molar-refractivity contribution in [2.45, 2.75) is 46.4 Å². The van der Waals surface area contributed by atoms with Crippen LogP contribution in [0.1, 0.15) is 34.2 Å². The third-order valence-corrected chi connectivity index (χ3v) is 10.3. The van der Waals surface area contributed by atoms with E-state index in [-0.39, 0.29) is 21.9 Å². The van der Waals surface area contributed by atoms with Gasteiger partial charge in [-0.2, -0.15) is 0 Å². The van der Waals surface area contributed by atoms with Gasteiger partial charge in [-0.15, -0.1) is 34.7 Å². The van der Waals surface area contributed by atoms with Crippen LogP contribution < -0.4 is 5.56 Å². The van der Waals surface area contributed by atoms with Crippen LogP contribution in [0.4, 0.5) is 5.69 Å². The Labute approximate surface area is 219 Å². The van der Waals surface area contributed by atoms with Crippen molar-refractivity contribution < 1.29 is 4.92 Å². The highest BCUT2D eigenvalue weighted by Gasteiger charge is 2.25. The number of fused-ring (bicyclic) bond motifs is 3. The monoisotopic (exact) mass is 543 g/mol. The van der Waals surface area contributed by atoms with E-state index in [2.05, 4.69) is 4.98 Å². The summed E-state index contributed by atoms with van der Waals surface area (Å²) in [6.07, 6.45) is 4.26. The fourth-order valence-electron chi connectivity index (χ4n) is 4.22. The molecule has 0 amide bonds. The first-order valence-corrected chi connectivity index (χ1v) is 14.4. The Morgan fingerprint density at radius 3 is 2.60 bits per heavy atom. The van der Waals surface area contributed by atoms with Crippen molar-refractivity contribution in [1.29, 1.82) is 0 Å². The van der Waals surface area contributed by atoms with E-state index >= 15 is 0 Å². The SMILES string of the molecule is O=c1[nH]c(SC[C@@H](Sc2ccc([N+](=O)[O-])cc2)[C@H](Cl)c2ccccc2)nc2sc3c(c12)CCCC3. The number of halogens is 1. The lowest BCUT2D eigenvalue weighted by atomic mass is 9.97. The zero-order valence-electron chi connectivity index (χ0n) is 18.6. The van der Waals surface area contributed by atoms with E-state index in [1.165, 1.54) is 34.3 Å². The largest absolute Gasteiger partial charge is 0.301 e. The number of aryl methyl sites for hydroxylation is 2. The van der Waals surface area contributed by atoms with Gasteiger partial charge in [0.1, 0.15) is 4.83 Å². The number of nitro benzene ring substituents is 1. The molecule has 5 rings (SSSR count). The fraction of sp³-hybridized carbons (Fsp3) is 0.280. The van der Waals surface area contributed by atoms with E-state index in [0.29, 0.717) is 10.9 Å². The van der Waals surface area contributed by atoms with Gasteiger partial charge in [-0.05, 0) is 48.9 Å². The highest BCUT2D eigenvalue weighted by atomic mass is 35.5. The summed E-state index contributed by atoms with van der Waals surface area (Å²) in [6.45, 7) is 0. The Morgan fingerprint density at radius 2 is 1.86 bits per heavy atom. The van der Waals surface area contributed by atoms with Crippen molar-refractivity contribution in [2.75, 3.05) is 5.75 Å². The number of non-ortho nitro benzene ring substituents is 1. The zero-order chi connectivity index (χ0) is 24.4. The molecule has 2 atom stereocenters. The summed E-state index contributed by atoms with van der Waals surface area (Å²) in [4.78, 5) is 34.3. The van der Waals surface area contributed by atoms with Gasteiger partial charge in [0.15, 0.2) is 5.16 Å². The molecular weight excluding hydrogens is 522 g/mol. The number of benzene rings is 2. The lowest BCUT2D eigenvalue weighted by Gasteiger charge is -2.22. The van der Waals surface area contributed by atoms with Crippen LogP contribution in [0.15, 0.2) is 69.4 Å². The van der Waals surface area contributed by atoms with Gasteiger partial charge in [0.05, 0.1) is 15.7 Å². The van der Waals surface area contributed by atoms with Gasteiger partial charge in [0.2, 0.25) is 0 Å². The topological polar surface area (TPSA) is 88.9 Å². The van der Waals surface area contributed by atoms with Crippen LogP contribution in [-0.2, 0) is 12.8 Å². The molecule has 0 saturated heterocycles. The Kier molecular flexibility index (Phi) is 7.48. The van der Waals surface area contributed by atoms with E-state index in [4.69, 9.17) is 16.6 Å². The lowest BCUT2D eigenvalue weighted by Crippen LogP contribution is -2.15. The van der Waals surface area contributed by atoms with Gasteiger partial charge in [-0.1, -0.05) is 42.1 Å². The van der Waals surface area contributed by atoms with E-state index < -0.39 is 4.92 Å². The molecule has 0 fully saturated rings. The number of thioether (sulfide) groups is 2. The molecule has 4 aromatic rings. The number of thiophene rings is 1. The quantitative estimate of drug-likeness (QED) is 0.0845. The van der Waals surface area contributed by atoms with Gasteiger partial charge in [-0.25, -0.2) is 4.98 Å². The van der Waals surface area contributed by atoms with Gasteiger partial charge in [0, 0.05) is 32.9 Å². The molecule has 6 nitrogen and oxygen atoms in total. The van der Waals surface area contributed by atoms with Crippen molar-refractivity contribution in [1.82, 2.24) is 9.97 Å². The van der Waals surface area contributed by atoms with E-state index in [0.717, 1.165) is 46.4 Å². The average molecular weight is 544 g/mol. The Hall–Kier alpha value is -2.33. The Balaban J connectivity index is 1.39. The molecule has 0 radical (unpaired) electrons. The van der Waals surface area contributed by atoms with Crippen molar-refractivity contribution in [3.8, 4) is 0 Å². The van der Waals surface area contributed by atoms with Crippen molar-refractivity contribution in [2.24, 2.45) is 0 Å². The van der Waals surface area contributed by atoms with Gasteiger partial charge in [-0.3, -0.25) is 14.9 Å². The maximum Gasteiger partial charge on any atom is 0.269 e. The van der Waals surface area contributed by atoms with E-state index in [1.54, 1.807) is 35.2 Å². The van der Waals surface area contributed by atoms with Gasteiger partial charge >= 0.3 is 0 Å². The van der Waals surface area contributed by atoms with E-state index in [9.17, 15) is 14.9 Å². The average Bonchev–Trinajstić information content (AvgIpc) is 3.26. The molecule has 10 heteroatoms. The molecule has 0 saturated carbocycles. The number of aromatic amines is 1. The number of aromatic nitrogens is 2. The second-order valence-corrected chi connectivity index (χ2v) is 12.2. The number of nitrogens with zero attached hydrogens (tertiary/aromatic N) is 2. The van der Waals surface area contributed by atoms with Crippen LogP contribution in [-0.4, -0.2) is 25.9 Å². The minimum atomic E-state index is -0.406. The van der Waals surface area contributed by atoms with Crippen LogP contribution in [0, 0.1) is 10.1 Å². The first kappa shape index (κ1) is 24.4. The summed E-state index contributed by atoms with van der Waals surface area (Å²) in [5.74, 6) is 0.601. The third kappa shape index (κ3) is 5.43. The molecule has 2 aromatic heterocycles. The number of H-pyrrole nitrogens is 1. The normalized spacial score (nSPS) is 15.0. The zero-order valence-corrected chi connectivity index (χ0v) is 21.8. The fourth-order valence-corrected chi connectivity index (χ4v) is 8.27. The maximum absolute atomic E-state index is 12.9. The van der Waals surface area contributed by atoms with Crippen molar-refractivity contribution >= 4 is 62.4 Å². The summed E-state index contributed by atoms with van der Waals surface area (Å²) in [5.41, 5.74) is 2.16. The number of hydrogen-bond acceptors (Lipinski definition) is 7. The first-order valence-electron chi connectivity index (χ1n) is 11.3. The minimum absolute atomic E-state index is 0.0551. The second-order valence-electron chi connectivity index (χ2n) is 8.29. The summed E-state index contributed by atoms with van der Waals surface area (Å²) in [7, 11) is 0. The molecule has 2 heterocycles. The molecular formula is C25H22ClN3O3S3. The van der Waals surface area contributed by atoms with Crippen LogP contribution in [0.2, 0.25) is 0 Å². The molecule has 1 N–H and O–H groups in total. The Bertz CT molecular complexity index is 1410. The summed E-state index contributed by atoms with van der Waals surface area (Å²) < 4.78 is 0. The molecule has 1 aliphatic rings. The molecule has 0 aliphatic heterocycles. The second kappa shape index (κ2) is 10.7. The predicted molar refractivity (Wildman–Crippen MR) is 145 cm³/mol. The standard InChI is InChI=1S/C25H22ClN3O3S3/c26-22(15-6-2-1-3-7-15)20(34-17-12-10-16(11-13-17)29(31)32)14-33-25-27-23(30)21-18-8-4-5-9-19(18)35-24(21)28-25/h1-3,6-7,10-13,20,22H,4-5,8-9,14H2,(H,27,28,30)/t20-,22-/m1/s1. The van der Waals surface area contributed by atoms with Crippen molar-refractivity contribution in [3.63, 3.8) is 0 Å². The minimum Gasteiger partial charge on any atom is -0.301 e. The summed E-state index contributed by atoms with van der Waals surface area (Å²) in [5, 5.41) is 12.0. The van der Waals surface area contributed by atoms with E-state index in [1.807, 2.05) is 30.3 Å². The predicted octanol–water partition coefficient (Wildman–Crippen LogP) is 7.00. The van der Waals surface area contributed by atoms with Gasteiger partial charge in [0.25, 0.3) is 11.2 Å². The first-order chi connectivity index (χ1) is 17.0. The third-order valence-electron chi connectivity index (χ3n) is 5.97. The number of alkyl halides is 1. The lowest BCUT2D eigenvalue weighted by molar-refractivity contribution is -0.384. The highest BCUT2D eigenvalue weighted by molar-refractivity contribution is 8.03. The molecule has 35 heavy (non-hydrogen) atoms. The van der Waals surface area contributed by atoms with Gasteiger partial charge < -0.3 is 4.98 Å². The maximum atomic E-state index is 12.9. The molecule has 1 aliphatic carbocycles. The number of rotatable bonds is 8. The number of nitro groups is 1. The van der Waals surface area contributed by atoms with Crippen LogP contribution in [0.3, 0.4) is 0 Å².